The number of nitrogens with one attached hydrogen (secondary N) is 2. The van der Waals surface area contributed by atoms with E-state index in [-0.39, 0.29) is 76.4 Å². The van der Waals surface area contributed by atoms with Gasteiger partial charge in [0.2, 0.25) is 11.8 Å². The second-order valence-corrected chi connectivity index (χ2v) is 11.8. The van der Waals surface area contributed by atoms with Gasteiger partial charge in [-0.3, -0.25) is 19.2 Å². The van der Waals surface area contributed by atoms with Gasteiger partial charge in [0.05, 0.1) is 0 Å². The number of hydrogen-bond acceptors (Lipinski definition) is 8. The van der Waals surface area contributed by atoms with Crippen LogP contribution >= 0.6 is 0 Å². The number of ether oxygens (including phenoxy) is 2. The Balaban J connectivity index is 0.000000368. The lowest BCUT2D eigenvalue weighted by Crippen LogP contribution is -2.42. The third-order valence-electron chi connectivity index (χ3n) is 7.01. The molecule has 0 spiro atoms. The fraction of sp³-hybridized carbons (Fsp3) is 0.471. The van der Waals surface area contributed by atoms with Crippen LogP contribution in [-0.4, -0.2) is 107 Å². The molecule has 2 aromatic rings. The van der Waals surface area contributed by atoms with Gasteiger partial charge in [0, 0.05) is 44.9 Å². The number of carboxylic acids is 2. The Labute approximate surface area is 280 Å². The summed E-state index contributed by atoms with van der Waals surface area (Å²) in [5.41, 5.74) is 3.97. The molecule has 0 heterocycles. The number of carbonyl (C=O) groups excluding carboxylic acids is 4. The Bertz CT molecular complexity index is 1390. The molecule has 2 aromatic carbocycles. The first-order chi connectivity index (χ1) is 22.7. The van der Waals surface area contributed by atoms with Gasteiger partial charge < -0.3 is 40.1 Å². The highest BCUT2D eigenvalue weighted by Crippen LogP contribution is 2.44. The zero-order valence-corrected chi connectivity index (χ0v) is 28.1. The summed E-state index contributed by atoms with van der Waals surface area (Å²) in [6.07, 6.45) is -0.754. The van der Waals surface area contributed by atoms with Crippen LogP contribution < -0.4 is 10.6 Å². The van der Waals surface area contributed by atoms with Crippen LogP contribution in [0.25, 0.3) is 11.1 Å². The van der Waals surface area contributed by atoms with Crippen molar-refractivity contribution in [1.82, 2.24) is 20.4 Å². The molecule has 0 saturated heterocycles. The highest BCUT2D eigenvalue weighted by atomic mass is 16.6. The van der Waals surface area contributed by atoms with E-state index in [2.05, 4.69) is 22.8 Å². The molecular weight excluding hydrogens is 624 g/mol. The summed E-state index contributed by atoms with van der Waals surface area (Å²) in [5.74, 6) is -2.75. The van der Waals surface area contributed by atoms with Gasteiger partial charge in [0.25, 0.3) is 0 Å². The maximum absolute atomic E-state index is 12.1. The first kappa shape index (κ1) is 39.0. The topological polar surface area (TPSA) is 192 Å². The maximum atomic E-state index is 12.1. The molecule has 4 N–H and O–H groups in total. The molecule has 48 heavy (non-hydrogen) atoms. The summed E-state index contributed by atoms with van der Waals surface area (Å²) in [6, 6.07) is 16.1. The zero-order chi connectivity index (χ0) is 35.9. The van der Waals surface area contributed by atoms with Crippen molar-refractivity contribution in [3.05, 3.63) is 59.7 Å². The van der Waals surface area contributed by atoms with Gasteiger partial charge in [-0.15, -0.1) is 0 Å². The number of fused-ring (bicyclic) bond motifs is 3. The molecule has 4 amide bonds. The molecule has 0 fully saturated rings. The maximum Gasteiger partial charge on any atom is 0.407 e. The van der Waals surface area contributed by atoms with E-state index in [0.717, 1.165) is 22.3 Å². The van der Waals surface area contributed by atoms with Gasteiger partial charge in [-0.1, -0.05) is 62.4 Å². The van der Waals surface area contributed by atoms with Gasteiger partial charge >= 0.3 is 24.1 Å². The van der Waals surface area contributed by atoms with E-state index in [1.807, 2.05) is 36.4 Å². The second kappa shape index (κ2) is 18.9. The molecule has 1 aliphatic rings. The molecule has 0 saturated carbocycles. The van der Waals surface area contributed by atoms with Crippen LogP contribution in [0.15, 0.2) is 48.5 Å². The van der Waals surface area contributed by atoms with Crippen molar-refractivity contribution in [3.63, 3.8) is 0 Å². The minimum absolute atomic E-state index is 0.0293. The highest BCUT2D eigenvalue weighted by Gasteiger charge is 2.29. The smallest absolute Gasteiger partial charge is 0.407 e. The summed E-state index contributed by atoms with van der Waals surface area (Å²) in [5, 5.41) is 22.6. The summed E-state index contributed by atoms with van der Waals surface area (Å²) < 4.78 is 10.4. The average Bonchev–Trinajstić information content (AvgIpc) is 3.34. The number of hydrogen-bond donors (Lipinski definition) is 4. The number of carbonyl (C=O) groups is 6. The molecular formula is C34H46N4O10. The number of benzene rings is 2. The standard InChI is InChI=1S/C22H24N2O5.C12H22N2O5/c1-2-20(25)24(13-21(26)27)12-11-23-22(28)29-14-19-17-9-5-3-7-15(17)16-8-4-6-10-18(16)19;1-5-9(15)14(8-10(16)17)7-6-13-11(18)19-12(2,3)4/h3-10,19H,2,11-14H2,1H3,(H,23,28)(H,26,27);5-8H2,1-4H3,(H,13,18)(H,16,17). The normalized spacial score (nSPS) is 11.5. The quantitative estimate of drug-likeness (QED) is 0.231. The van der Waals surface area contributed by atoms with Crippen LogP contribution in [0.3, 0.4) is 0 Å². The Morgan fingerprint density at radius 2 is 1.12 bits per heavy atom. The predicted octanol–water partition coefficient (Wildman–Crippen LogP) is 3.68. The van der Waals surface area contributed by atoms with Crippen LogP contribution in [0.1, 0.15) is 64.5 Å². The van der Waals surface area contributed by atoms with E-state index < -0.39 is 29.7 Å². The Hall–Kier alpha value is -5.14. The number of rotatable bonds is 14. The number of amides is 4. The molecule has 0 aromatic heterocycles. The van der Waals surface area contributed by atoms with Crippen molar-refractivity contribution in [1.29, 1.82) is 0 Å². The molecule has 1 aliphatic carbocycles. The molecule has 0 unspecified atom stereocenters. The minimum atomic E-state index is -1.09. The van der Waals surface area contributed by atoms with Crippen LogP contribution in [-0.2, 0) is 28.7 Å². The van der Waals surface area contributed by atoms with Gasteiger partial charge in [-0.2, -0.15) is 0 Å². The monoisotopic (exact) mass is 670 g/mol. The molecule has 0 bridgehead atoms. The van der Waals surface area contributed by atoms with Crippen molar-refractivity contribution >= 4 is 35.9 Å². The summed E-state index contributed by atoms with van der Waals surface area (Å²) >= 11 is 0. The molecule has 0 aliphatic heterocycles. The van der Waals surface area contributed by atoms with Crippen LogP contribution in [0.5, 0.6) is 0 Å². The number of carboxylic acid groups (broad SMARTS) is 2. The third kappa shape index (κ3) is 12.9. The Kier molecular flexibility index (Phi) is 15.3. The van der Waals surface area contributed by atoms with E-state index in [1.54, 1.807) is 34.6 Å². The summed E-state index contributed by atoms with van der Waals surface area (Å²) in [7, 11) is 0. The third-order valence-corrected chi connectivity index (χ3v) is 7.01. The van der Waals surface area contributed by atoms with Gasteiger partial charge in [-0.25, -0.2) is 9.59 Å². The first-order valence-electron chi connectivity index (χ1n) is 15.7. The SMILES string of the molecule is CCC(=O)N(CCNC(=O)OC(C)(C)C)CC(=O)O.CCC(=O)N(CCNC(=O)OCC1c2ccccc2-c2ccccc21)CC(=O)O. The molecule has 14 nitrogen and oxygen atoms in total. The van der Waals surface area contributed by atoms with Crippen molar-refractivity contribution < 1.29 is 48.5 Å². The number of nitrogens with zero attached hydrogens (tertiary/aromatic N) is 2. The van der Waals surface area contributed by atoms with Crippen LogP contribution in [0, 0.1) is 0 Å². The lowest BCUT2D eigenvalue weighted by Gasteiger charge is -2.22. The number of alkyl carbamates (subject to hydrolysis) is 2. The molecule has 3 rings (SSSR count). The van der Waals surface area contributed by atoms with Crippen molar-refractivity contribution in [2.45, 2.75) is 59.0 Å². The molecule has 262 valence electrons. The molecule has 0 radical (unpaired) electrons. The van der Waals surface area contributed by atoms with E-state index >= 15 is 0 Å². The van der Waals surface area contributed by atoms with Gasteiger partial charge in [-0.05, 0) is 43.0 Å². The first-order valence-corrected chi connectivity index (χ1v) is 15.7. The molecule has 14 heteroatoms. The van der Waals surface area contributed by atoms with E-state index in [0.29, 0.717) is 0 Å². The Morgan fingerprint density at radius 1 is 0.708 bits per heavy atom. The summed E-state index contributed by atoms with van der Waals surface area (Å²) in [6.45, 7) is 8.49. The minimum Gasteiger partial charge on any atom is -0.480 e. The summed E-state index contributed by atoms with van der Waals surface area (Å²) in [4.78, 5) is 70.6. The fourth-order valence-corrected chi connectivity index (χ4v) is 4.91. The lowest BCUT2D eigenvalue weighted by molar-refractivity contribution is -0.144. The van der Waals surface area contributed by atoms with Crippen LogP contribution in [0.4, 0.5) is 9.59 Å². The van der Waals surface area contributed by atoms with Crippen molar-refractivity contribution in [3.8, 4) is 11.1 Å². The van der Waals surface area contributed by atoms with Gasteiger partial charge in [0.15, 0.2) is 0 Å². The van der Waals surface area contributed by atoms with Crippen LogP contribution in [0.2, 0.25) is 0 Å². The number of aliphatic carboxylic acids is 2. The average molecular weight is 671 g/mol. The van der Waals surface area contributed by atoms with E-state index in [4.69, 9.17) is 19.7 Å². The van der Waals surface area contributed by atoms with Gasteiger partial charge in [0.1, 0.15) is 25.3 Å². The molecule has 0 atom stereocenters. The fourth-order valence-electron chi connectivity index (χ4n) is 4.91. The second-order valence-electron chi connectivity index (χ2n) is 11.8. The van der Waals surface area contributed by atoms with Crippen molar-refractivity contribution in [2.75, 3.05) is 45.9 Å². The lowest BCUT2D eigenvalue weighted by atomic mass is 9.98. The van der Waals surface area contributed by atoms with E-state index in [1.165, 1.54) is 9.80 Å². The Morgan fingerprint density at radius 3 is 1.52 bits per heavy atom. The highest BCUT2D eigenvalue weighted by molar-refractivity contribution is 5.82. The zero-order valence-electron chi connectivity index (χ0n) is 28.1. The van der Waals surface area contributed by atoms with E-state index in [9.17, 15) is 28.8 Å². The predicted molar refractivity (Wildman–Crippen MR) is 176 cm³/mol. The van der Waals surface area contributed by atoms with Crippen molar-refractivity contribution in [2.24, 2.45) is 0 Å². The largest absolute Gasteiger partial charge is 0.480 e.